The average molecular weight is 307 g/mol. The van der Waals surface area contributed by atoms with Crippen molar-refractivity contribution in [1.82, 2.24) is 14.9 Å². The summed E-state index contributed by atoms with van der Waals surface area (Å²) in [5.41, 5.74) is 0.477. The summed E-state index contributed by atoms with van der Waals surface area (Å²) in [6, 6.07) is -0.209. The molecule has 0 amide bonds. The molecule has 2 aromatic heterocycles. The highest BCUT2D eigenvalue weighted by Gasteiger charge is 2.24. The van der Waals surface area contributed by atoms with Crippen LogP contribution in [-0.2, 0) is 11.3 Å². The molecule has 6 nitrogen and oxygen atoms in total. The Morgan fingerprint density at radius 1 is 1.52 bits per heavy atom. The predicted molar refractivity (Wildman–Crippen MR) is 80.5 cm³/mol. The Labute approximate surface area is 125 Å². The number of nitrogens with one attached hydrogen (secondary N) is 1. The molecule has 3 rings (SSSR count). The van der Waals surface area contributed by atoms with Gasteiger partial charge in [0.05, 0.1) is 29.9 Å². The monoisotopic (exact) mass is 307 g/mol. The minimum absolute atomic E-state index is 0.00250. The maximum Gasteiger partial charge on any atom is 0.262 e. The lowest BCUT2D eigenvalue weighted by Gasteiger charge is -2.28. The number of rotatable bonds is 4. The summed E-state index contributed by atoms with van der Waals surface area (Å²) in [4.78, 5) is 28.5. The van der Waals surface area contributed by atoms with E-state index in [-0.39, 0.29) is 30.3 Å². The topological polar surface area (TPSA) is 84.2 Å². The summed E-state index contributed by atoms with van der Waals surface area (Å²) in [6.07, 6.45) is 2.80. The smallest absolute Gasteiger partial charge is 0.262 e. The lowest BCUT2D eigenvalue weighted by atomic mass is 9.97. The molecule has 1 saturated heterocycles. The minimum Gasteiger partial charge on any atom is -0.391 e. The lowest BCUT2D eigenvalue weighted by Crippen LogP contribution is -2.46. The maximum absolute atomic E-state index is 12.2. The van der Waals surface area contributed by atoms with Crippen LogP contribution in [0.5, 0.6) is 0 Å². The van der Waals surface area contributed by atoms with Crippen molar-refractivity contribution in [3.05, 3.63) is 27.4 Å². The molecule has 1 aliphatic rings. The van der Waals surface area contributed by atoms with Gasteiger partial charge in [-0.15, -0.1) is 11.3 Å². The number of fused-ring (bicyclic) bond motifs is 1. The Hall–Kier alpha value is -1.57. The van der Waals surface area contributed by atoms with Gasteiger partial charge in [0.15, 0.2) is 5.78 Å². The number of aliphatic hydroxyl groups excluding tert-OH is 1. The first-order valence-corrected chi connectivity index (χ1v) is 7.94. The SMILES string of the molecule is O=C(C[C@H]1NCCC[C@@H]1O)Cn1cnc2cscc2c1=O. The van der Waals surface area contributed by atoms with Crippen molar-refractivity contribution in [3.63, 3.8) is 0 Å². The van der Waals surface area contributed by atoms with E-state index < -0.39 is 6.10 Å². The highest BCUT2D eigenvalue weighted by atomic mass is 32.1. The van der Waals surface area contributed by atoms with Gasteiger partial charge < -0.3 is 10.4 Å². The van der Waals surface area contributed by atoms with Crippen LogP contribution >= 0.6 is 11.3 Å². The molecule has 2 N–H and O–H groups in total. The molecule has 0 saturated carbocycles. The molecular weight excluding hydrogens is 290 g/mol. The number of piperidine rings is 1. The predicted octanol–water partition coefficient (Wildman–Crippen LogP) is 0.530. The number of aromatic nitrogens is 2. The standard InChI is InChI=1S/C14H17N3O3S/c18-9(4-11-13(19)2-1-3-15-11)5-17-8-16-12-7-21-6-10(12)14(17)20/h6-8,11,13,15,19H,1-5H2/t11-,13+/m1/s1. The fraction of sp³-hybridized carbons (Fsp3) is 0.500. The number of nitrogens with zero attached hydrogens (tertiary/aromatic N) is 2. The van der Waals surface area contributed by atoms with Crippen molar-refractivity contribution in [2.45, 2.75) is 38.0 Å². The fourth-order valence-electron chi connectivity index (χ4n) is 2.65. The number of aliphatic hydroxyl groups is 1. The molecule has 112 valence electrons. The number of carbonyl (C=O) groups is 1. The second-order valence-corrected chi connectivity index (χ2v) is 6.10. The van der Waals surface area contributed by atoms with Crippen molar-refractivity contribution >= 4 is 28.0 Å². The van der Waals surface area contributed by atoms with E-state index in [1.807, 2.05) is 5.38 Å². The first-order valence-electron chi connectivity index (χ1n) is 6.99. The molecule has 0 bridgehead atoms. The molecule has 21 heavy (non-hydrogen) atoms. The van der Waals surface area contributed by atoms with Crippen LogP contribution < -0.4 is 10.9 Å². The normalized spacial score (nSPS) is 22.5. The Bertz CT molecular complexity index is 709. The first-order chi connectivity index (χ1) is 10.1. The van der Waals surface area contributed by atoms with E-state index in [1.165, 1.54) is 22.2 Å². The van der Waals surface area contributed by atoms with Gasteiger partial charge in [-0.2, -0.15) is 0 Å². The van der Waals surface area contributed by atoms with Crippen LogP contribution in [0.1, 0.15) is 19.3 Å². The van der Waals surface area contributed by atoms with Gasteiger partial charge in [0.25, 0.3) is 5.56 Å². The Kier molecular flexibility index (Phi) is 4.14. The van der Waals surface area contributed by atoms with Crippen LogP contribution in [0.4, 0.5) is 0 Å². The molecule has 2 atom stereocenters. The molecule has 2 aromatic rings. The third-order valence-corrected chi connectivity index (χ3v) is 4.54. The average Bonchev–Trinajstić information content (AvgIpc) is 2.94. The number of hydrogen-bond acceptors (Lipinski definition) is 6. The Balaban J connectivity index is 1.71. The van der Waals surface area contributed by atoms with Gasteiger partial charge in [-0.25, -0.2) is 4.98 Å². The molecule has 7 heteroatoms. The van der Waals surface area contributed by atoms with E-state index in [9.17, 15) is 14.7 Å². The highest BCUT2D eigenvalue weighted by Crippen LogP contribution is 2.13. The third kappa shape index (κ3) is 3.04. The van der Waals surface area contributed by atoms with Crippen LogP contribution in [0.2, 0.25) is 0 Å². The number of ketones is 1. The lowest BCUT2D eigenvalue weighted by molar-refractivity contribution is -0.121. The quantitative estimate of drug-likeness (QED) is 0.861. The molecule has 0 aromatic carbocycles. The molecule has 1 fully saturated rings. The van der Waals surface area contributed by atoms with E-state index in [0.717, 1.165) is 13.0 Å². The van der Waals surface area contributed by atoms with Gasteiger partial charge in [-0.3, -0.25) is 14.2 Å². The molecule has 0 spiro atoms. The van der Waals surface area contributed by atoms with Gasteiger partial charge >= 0.3 is 0 Å². The second-order valence-electron chi connectivity index (χ2n) is 5.36. The number of Topliss-reactive ketones (excluding diaryl/α,β-unsaturated/α-hetero) is 1. The molecule has 0 aliphatic carbocycles. The zero-order valence-corrected chi connectivity index (χ0v) is 12.3. The molecule has 3 heterocycles. The summed E-state index contributed by atoms with van der Waals surface area (Å²) in [6.45, 7) is 0.819. The van der Waals surface area contributed by atoms with Crippen molar-refractivity contribution in [2.75, 3.05) is 6.54 Å². The number of hydrogen-bond donors (Lipinski definition) is 2. The van der Waals surface area contributed by atoms with Crippen molar-refractivity contribution < 1.29 is 9.90 Å². The summed E-state index contributed by atoms with van der Waals surface area (Å²) in [5, 5.41) is 17.1. The summed E-state index contributed by atoms with van der Waals surface area (Å²) in [7, 11) is 0. The zero-order chi connectivity index (χ0) is 14.8. The molecule has 0 radical (unpaired) electrons. The Morgan fingerprint density at radius 2 is 2.38 bits per heavy atom. The van der Waals surface area contributed by atoms with Gasteiger partial charge in [-0.1, -0.05) is 0 Å². The highest BCUT2D eigenvalue weighted by molar-refractivity contribution is 7.09. The maximum atomic E-state index is 12.2. The zero-order valence-electron chi connectivity index (χ0n) is 11.5. The third-order valence-electron chi connectivity index (χ3n) is 3.81. The summed E-state index contributed by atoms with van der Waals surface area (Å²) in [5.74, 6) is -0.0769. The molecule has 1 aliphatic heterocycles. The second kappa shape index (κ2) is 6.05. The van der Waals surface area contributed by atoms with Gasteiger partial charge in [-0.05, 0) is 19.4 Å². The largest absolute Gasteiger partial charge is 0.391 e. The molecule has 0 unspecified atom stereocenters. The van der Waals surface area contributed by atoms with E-state index in [1.54, 1.807) is 5.38 Å². The van der Waals surface area contributed by atoms with Crippen molar-refractivity contribution in [2.24, 2.45) is 0 Å². The van der Waals surface area contributed by atoms with E-state index in [2.05, 4.69) is 10.3 Å². The van der Waals surface area contributed by atoms with Gasteiger partial charge in [0.2, 0.25) is 0 Å². The van der Waals surface area contributed by atoms with Gasteiger partial charge in [0, 0.05) is 23.2 Å². The van der Waals surface area contributed by atoms with Gasteiger partial charge in [0.1, 0.15) is 0 Å². The van der Waals surface area contributed by atoms with E-state index in [0.29, 0.717) is 17.3 Å². The van der Waals surface area contributed by atoms with Crippen molar-refractivity contribution in [3.8, 4) is 0 Å². The van der Waals surface area contributed by atoms with Crippen LogP contribution in [0.3, 0.4) is 0 Å². The number of thiophene rings is 1. The van der Waals surface area contributed by atoms with E-state index >= 15 is 0 Å². The van der Waals surface area contributed by atoms with Crippen LogP contribution in [0.25, 0.3) is 10.9 Å². The van der Waals surface area contributed by atoms with Crippen LogP contribution in [0.15, 0.2) is 21.9 Å². The first kappa shape index (κ1) is 14.4. The van der Waals surface area contributed by atoms with Crippen molar-refractivity contribution in [1.29, 1.82) is 0 Å². The number of carbonyl (C=O) groups excluding carboxylic acids is 1. The molecular formula is C14H17N3O3S. The van der Waals surface area contributed by atoms with Crippen LogP contribution in [0, 0.1) is 0 Å². The Morgan fingerprint density at radius 3 is 3.19 bits per heavy atom. The fourth-order valence-corrected chi connectivity index (χ4v) is 3.39. The van der Waals surface area contributed by atoms with E-state index in [4.69, 9.17) is 0 Å². The summed E-state index contributed by atoms with van der Waals surface area (Å²) < 4.78 is 1.34. The summed E-state index contributed by atoms with van der Waals surface area (Å²) >= 11 is 1.42. The minimum atomic E-state index is -0.489. The van der Waals surface area contributed by atoms with Crippen LogP contribution in [-0.4, -0.2) is 39.1 Å².